The molecule has 0 amide bonds. The summed E-state index contributed by atoms with van der Waals surface area (Å²) in [6, 6.07) is 4.72. The van der Waals surface area contributed by atoms with Gasteiger partial charge < -0.3 is 5.32 Å². The Hall–Kier alpha value is -0.860. The third kappa shape index (κ3) is 2.60. The van der Waals surface area contributed by atoms with Gasteiger partial charge in [-0.15, -0.1) is 11.3 Å². The molecule has 1 N–H and O–H groups in total. The molecule has 0 aliphatic heterocycles. The fourth-order valence-corrected chi connectivity index (χ4v) is 3.72. The van der Waals surface area contributed by atoms with Crippen LogP contribution in [0.4, 0.5) is 0 Å². The lowest BCUT2D eigenvalue weighted by molar-refractivity contribution is 0.645. The Balaban J connectivity index is 2.60. The van der Waals surface area contributed by atoms with Crippen LogP contribution in [0.5, 0.6) is 0 Å². The Bertz CT molecular complexity index is 552. The Morgan fingerprint density at radius 1 is 1.17 bits per heavy atom. The Labute approximate surface area is 114 Å². The Kier molecular flexibility index (Phi) is 4.08. The van der Waals surface area contributed by atoms with Gasteiger partial charge in [0.05, 0.1) is 0 Å². The first-order valence-corrected chi connectivity index (χ1v) is 7.50. The number of thiophene rings is 1. The van der Waals surface area contributed by atoms with Gasteiger partial charge in [-0.05, 0) is 61.4 Å². The minimum absolute atomic E-state index is 0.708. The maximum Gasteiger partial charge on any atom is 0.0351 e. The number of fused-ring (bicyclic) bond motifs is 1. The zero-order valence-electron chi connectivity index (χ0n) is 12.1. The van der Waals surface area contributed by atoms with E-state index in [0.29, 0.717) is 5.92 Å². The van der Waals surface area contributed by atoms with Crippen LogP contribution >= 0.6 is 11.3 Å². The van der Waals surface area contributed by atoms with Crippen LogP contribution in [0.15, 0.2) is 12.1 Å². The highest BCUT2D eigenvalue weighted by molar-refractivity contribution is 7.19. The van der Waals surface area contributed by atoms with Crippen LogP contribution < -0.4 is 5.32 Å². The predicted molar refractivity (Wildman–Crippen MR) is 82.6 cm³/mol. The molecule has 0 aliphatic carbocycles. The first-order chi connectivity index (χ1) is 8.52. The summed E-state index contributed by atoms with van der Waals surface area (Å²) < 4.78 is 1.44. The number of nitrogens with one attached hydrogen (secondary N) is 1. The van der Waals surface area contributed by atoms with Crippen LogP contribution in [0.2, 0.25) is 0 Å². The van der Waals surface area contributed by atoms with Crippen molar-refractivity contribution in [2.45, 2.75) is 40.7 Å². The van der Waals surface area contributed by atoms with Crippen molar-refractivity contribution >= 4 is 21.4 Å². The molecule has 1 aromatic carbocycles. The molecule has 2 aromatic rings. The number of hydrogen-bond donors (Lipinski definition) is 1. The molecule has 98 valence electrons. The van der Waals surface area contributed by atoms with E-state index in [1.807, 2.05) is 18.4 Å². The second-order valence-electron chi connectivity index (χ2n) is 5.56. The van der Waals surface area contributed by atoms with Gasteiger partial charge in [0, 0.05) is 16.1 Å². The van der Waals surface area contributed by atoms with Gasteiger partial charge in [0.1, 0.15) is 0 Å². The summed E-state index contributed by atoms with van der Waals surface area (Å²) in [4.78, 5) is 1.51. The summed E-state index contributed by atoms with van der Waals surface area (Å²) in [6.45, 7) is 10.00. The van der Waals surface area contributed by atoms with Gasteiger partial charge in [0.2, 0.25) is 0 Å². The van der Waals surface area contributed by atoms with Gasteiger partial charge in [-0.1, -0.05) is 19.9 Å². The Morgan fingerprint density at radius 3 is 2.44 bits per heavy atom. The summed E-state index contributed by atoms with van der Waals surface area (Å²) in [5.74, 6) is 0.708. The molecule has 1 heterocycles. The molecule has 0 spiro atoms. The van der Waals surface area contributed by atoms with Gasteiger partial charge >= 0.3 is 0 Å². The molecule has 2 heteroatoms. The van der Waals surface area contributed by atoms with E-state index in [-0.39, 0.29) is 0 Å². The van der Waals surface area contributed by atoms with Gasteiger partial charge in [-0.2, -0.15) is 0 Å². The molecule has 0 saturated carbocycles. The number of benzene rings is 1. The molecule has 0 fully saturated rings. The second kappa shape index (κ2) is 5.41. The smallest absolute Gasteiger partial charge is 0.0351 e. The molecule has 1 nitrogen and oxygen atoms in total. The SMILES string of the molecule is CNCc1sc2cc(C)c(C)cc2c1CC(C)C. The highest BCUT2D eigenvalue weighted by Crippen LogP contribution is 2.34. The fraction of sp³-hybridized carbons (Fsp3) is 0.500. The van der Waals surface area contributed by atoms with Crippen LogP contribution in [0, 0.1) is 19.8 Å². The van der Waals surface area contributed by atoms with Crippen molar-refractivity contribution in [2.24, 2.45) is 5.92 Å². The van der Waals surface area contributed by atoms with Gasteiger partial charge in [-0.25, -0.2) is 0 Å². The maximum absolute atomic E-state index is 3.30. The maximum atomic E-state index is 3.30. The lowest BCUT2D eigenvalue weighted by atomic mass is 9.97. The summed E-state index contributed by atoms with van der Waals surface area (Å²) in [6.07, 6.45) is 1.18. The van der Waals surface area contributed by atoms with Gasteiger partial charge in [-0.3, -0.25) is 0 Å². The van der Waals surface area contributed by atoms with Crippen molar-refractivity contribution in [1.29, 1.82) is 0 Å². The molecule has 0 bridgehead atoms. The lowest BCUT2D eigenvalue weighted by Crippen LogP contribution is -2.06. The predicted octanol–water partition coefficient (Wildman–Crippen LogP) is 4.44. The van der Waals surface area contributed by atoms with Crippen molar-refractivity contribution in [3.63, 3.8) is 0 Å². The molecule has 18 heavy (non-hydrogen) atoms. The average Bonchev–Trinajstić information content (AvgIpc) is 2.58. The first-order valence-electron chi connectivity index (χ1n) is 6.69. The van der Waals surface area contributed by atoms with Crippen LogP contribution in [0.1, 0.15) is 35.4 Å². The van der Waals surface area contributed by atoms with E-state index in [9.17, 15) is 0 Å². The van der Waals surface area contributed by atoms with Crippen LogP contribution in [0.25, 0.3) is 10.1 Å². The van der Waals surface area contributed by atoms with E-state index < -0.39 is 0 Å². The highest BCUT2D eigenvalue weighted by Gasteiger charge is 2.13. The topological polar surface area (TPSA) is 12.0 Å². The molecule has 0 aliphatic rings. The minimum atomic E-state index is 0.708. The molecular weight excluding hydrogens is 238 g/mol. The van der Waals surface area contributed by atoms with E-state index in [0.717, 1.165) is 6.54 Å². The third-order valence-electron chi connectivity index (χ3n) is 3.44. The molecular formula is C16H23NS. The van der Waals surface area contributed by atoms with Crippen molar-refractivity contribution in [3.8, 4) is 0 Å². The fourth-order valence-electron chi connectivity index (χ4n) is 2.39. The summed E-state index contributed by atoms with van der Waals surface area (Å²) in [7, 11) is 2.03. The molecule has 0 saturated heterocycles. The van der Waals surface area contributed by atoms with E-state index in [1.165, 1.54) is 32.5 Å². The first kappa shape index (κ1) is 13.6. The van der Waals surface area contributed by atoms with E-state index in [4.69, 9.17) is 0 Å². The van der Waals surface area contributed by atoms with Crippen molar-refractivity contribution in [3.05, 3.63) is 33.7 Å². The summed E-state index contributed by atoms with van der Waals surface area (Å²) in [5, 5.41) is 4.77. The van der Waals surface area contributed by atoms with Crippen LogP contribution in [-0.2, 0) is 13.0 Å². The standard InChI is InChI=1S/C16H23NS/c1-10(2)6-13-14-7-11(3)12(4)8-15(14)18-16(13)9-17-5/h7-8,10,17H,6,9H2,1-5H3. The number of rotatable bonds is 4. The van der Waals surface area contributed by atoms with E-state index in [1.54, 1.807) is 5.56 Å². The van der Waals surface area contributed by atoms with E-state index >= 15 is 0 Å². The molecule has 0 radical (unpaired) electrons. The van der Waals surface area contributed by atoms with Gasteiger partial charge in [0.25, 0.3) is 0 Å². The molecule has 2 rings (SSSR count). The summed E-state index contributed by atoms with van der Waals surface area (Å²) >= 11 is 1.95. The monoisotopic (exact) mass is 261 g/mol. The highest BCUT2D eigenvalue weighted by atomic mass is 32.1. The zero-order valence-corrected chi connectivity index (χ0v) is 12.9. The normalized spacial score (nSPS) is 11.7. The van der Waals surface area contributed by atoms with Gasteiger partial charge in [0.15, 0.2) is 0 Å². The zero-order chi connectivity index (χ0) is 13.3. The number of hydrogen-bond acceptors (Lipinski definition) is 2. The molecule has 0 unspecified atom stereocenters. The van der Waals surface area contributed by atoms with Crippen molar-refractivity contribution < 1.29 is 0 Å². The quantitative estimate of drug-likeness (QED) is 0.858. The second-order valence-corrected chi connectivity index (χ2v) is 6.70. The average molecular weight is 261 g/mol. The minimum Gasteiger partial charge on any atom is -0.315 e. The summed E-state index contributed by atoms with van der Waals surface area (Å²) in [5.41, 5.74) is 4.36. The number of aryl methyl sites for hydroxylation is 2. The largest absolute Gasteiger partial charge is 0.315 e. The van der Waals surface area contributed by atoms with Crippen molar-refractivity contribution in [1.82, 2.24) is 5.32 Å². The third-order valence-corrected chi connectivity index (χ3v) is 4.64. The lowest BCUT2D eigenvalue weighted by Gasteiger charge is -2.08. The van der Waals surface area contributed by atoms with Crippen molar-refractivity contribution in [2.75, 3.05) is 7.05 Å². The molecule has 1 aromatic heterocycles. The Morgan fingerprint density at radius 2 is 1.83 bits per heavy atom. The van der Waals surface area contributed by atoms with E-state index in [2.05, 4.69) is 45.1 Å². The van der Waals surface area contributed by atoms with Crippen LogP contribution in [-0.4, -0.2) is 7.05 Å². The molecule has 0 atom stereocenters. The van der Waals surface area contributed by atoms with Crippen LogP contribution in [0.3, 0.4) is 0 Å².